The van der Waals surface area contributed by atoms with E-state index in [4.69, 9.17) is 0 Å². The van der Waals surface area contributed by atoms with E-state index in [2.05, 4.69) is 20.9 Å². The standard InChI is InChI=1S/C16H13BrN2O3S/c1-8(16(21)22)19-7-18-14-13(15(19)20)12(9(2)23-14)10-3-5-11(17)6-4-10/h3-8H,1-2H3,(H,21,22)/p-1/t8-/m1/s1. The molecule has 2 heterocycles. The average Bonchev–Trinajstić information content (AvgIpc) is 2.85. The molecule has 0 radical (unpaired) electrons. The first-order valence-corrected chi connectivity index (χ1v) is 8.48. The van der Waals surface area contributed by atoms with Gasteiger partial charge in [-0.2, -0.15) is 0 Å². The van der Waals surface area contributed by atoms with Crippen molar-refractivity contribution in [3.05, 3.63) is 50.3 Å². The van der Waals surface area contributed by atoms with Crippen LogP contribution in [0.3, 0.4) is 0 Å². The zero-order valence-electron chi connectivity index (χ0n) is 12.4. The molecule has 0 amide bonds. The second-order valence-corrected chi connectivity index (χ2v) is 7.29. The Kier molecular flexibility index (Phi) is 4.08. The number of benzene rings is 1. The van der Waals surface area contributed by atoms with Crippen LogP contribution in [0.1, 0.15) is 17.8 Å². The first-order chi connectivity index (χ1) is 10.9. The quantitative estimate of drug-likeness (QED) is 0.687. The van der Waals surface area contributed by atoms with E-state index in [0.29, 0.717) is 10.2 Å². The lowest BCUT2D eigenvalue weighted by molar-refractivity contribution is -0.309. The highest BCUT2D eigenvalue weighted by molar-refractivity contribution is 9.10. The molecule has 23 heavy (non-hydrogen) atoms. The monoisotopic (exact) mass is 391 g/mol. The molecule has 5 nitrogen and oxygen atoms in total. The molecule has 0 aliphatic rings. The number of carbonyl (C=O) groups excluding carboxylic acids is 1. The van der Waals surface area contributed by atoms with Gasteiger partial charge in [0.1, 0.15) is 4.83 Å². The zero-order chi connectivity index (χ0) is 16.7. The minimum absolute atomic E-state index is 0.367. The third-order valence-electron chi connectivity index (χ3n) is 3.70. The van der Waals surface area contributed by atoms with Gasteiger partial charge in [-0.3, -0.25) is 9.36 Å². The minimum Gasteiger partial charge on any atom is -0.548 e. The molecule has 2 aromatic heterocycles. The average molecular weight is 392 g/mol. The van der Waals surface area contributed by atoms with Gasteiger partial charge in [0.05, 0.1) is 23.7 Å². The second kappa shape index (κ2) is 5.90. The van der Waals surface area contributed by atoms with Crippen molar-refractivity contribution in [1.82, 2.24) is 9.55 Å². The molecule has 1 aromatic carbocycles. The number of carboxylic acid groups (broad SMARTS) is 1. The Morgan fingerprint density at radius 2 is 2.00 bits per heavy atom. The maximum atomic E-state index is 12.8. The van der Waals surface area contributed by atoms with E-state index in [1.807, 2.05) is 31.2 Å². The van der Waals surface area contributed by atoms with Crippen LogP contribution in [0.25, 0.3) is 21.3 Å². The molecule has 0 bridgehead atoms. The number of rotatable bonds is 3. The molecule has 0 aliphatic heterocycles. The lowest BCUT2D eigenvalue weighted by atomic mass is 10.0. The van der Waals surface area contributed by atoms with Crippen molar-refractivity contribution >= 4 is 43.5 Å². The van der Waals surface area contributed by atoms with Crippen molar-refractivity contribution in [2.45, 2.75) is 19.9 Å². The smallest absolute Gasteiger partial charge is 0.263 e. The molecule has 0 fully saturated rings. The van der Waals surface area contributed by atoms with Gasteiger partial charge in [-0.1, -0.05) is 28.1 Å². The predicted molar refractivity (Wildman–Crippen MR) is 91.5 cm³/mol. The van der Waals surface area contributed by atoms with Gasteiger partial charge in [0, 0.05) is 14.9 Å². The molecule has 0 unspecified atom stereocenters. The number of halogens is 1. The number of aryl methyl sites for hydroxylation is 1. The number of hydrogen-bond acceptors (Lipinski definition) is 5. The molecule has 1 atom stereocenters. The van der Waals surface area contributed by atoms with Crippen molar-refractivity contribution in [3.63, 3.8) is 0 Å². The maximum absolute atomic E-state index is 12.8. The summed E-state index contributed by atoms with van der Waals surface area (Å²) >= 11 is 4.81. The molecule has 0 saturated carbocycles. The summed E-state index contributed by atoms with van der Waals surface area (Å²) < 4.78 is 2.05. The fraction of sp³-hybridized carbons (Fsp3) is 0.188. The van der Waals surface area contributed by atoms with Gasteiger partial charge in [0.15, 0.2) is 0 Å². The third kappa shape index (κ3) is 2.70. The summed E-state index contributed by atoms with van der Waals surface area (Å²) in [7, 11) is 0. The third-order valence-corrected chi connectivity index (χ3v) is 5.25. The van der Waals surface area contributed by atoms with E-state index in [1.165, 1.54) is 24.6 Å². The number of aliphatic carboxylic acids is 1. The molecular formula is C16H12BrN2O3S-. The number of nitrogens with zero attached hydrogens (tertiary/aromatic N) is 2. The molecular weight excluding hydrogens is 380 g/mol. The Bertz CT molecular complexity index is 960. The molecule has 0 aliphatic carbocycles. The molecule has 7 heteroatoms. The molecule has 0 spiro atoms. The van der Waals surface area contributed by atoms with Gasteiger partial charge >= 0.3 is 0 Å². The van der Waals surface area contributed by atoms with Gasteiger partial charge in [-0.25, -0.2) is 4.98 Å². The lowest BCUT2D eigenvalue weighted by Gasteiger charge is -2.15. The number of fused-ring (bicyclic) bond motifs is 1. The van der Waals surface area contributed by atoms with Crippen LogP contribution >= 0.6 is 27.3 Å². The van der Waals surface area contributed by atoms with E-state index in [-0.39, 0.29) is 5.56 Å². The van der Waals surface area contributed by atoms with Crippen LogP contribution in [0.2, 0.25) is 0 Å². The Hall–Kier alpha value is -1.99. The van der Waals surface area contributed by atoms with Crippen LogP contribution in [-0.2, 0) is 4.79 Å². The van der Waals surface area contributed by atoms with Gasteiger partial charge in [-0.15, -0.1) is 11.3 Å². The summed E-state index contributed by atoms with van der Waals surface area (Å²) in [6, 6.07) is 6.56. The first-order valence-electron chi connectivity index (χ1n) is 6.87. The fourth-order valence-corrected chi connectivity index (χ4v) is 3.74. The highest BCUT2D eigenvalue weighted by Gasteiger charge is 2.18. The molecule has 118 valence electrons. The van der Waals surface area contributed by atoms with Crippen LogP contribution in [0.5, 0.6) is 0 Å². The van der Waals surface area contributed by atoms with E-state index in [9.17, 15) is 14.7 Å². The van der Waals surface area contributed by atoms with E-state index in [0.717, 1.165) is 25.0 Å². The fourth-order valence-electron chi connectivity index (χ4n) is 2.47. The van der Waals surface area contributed by atoms with Crippen molar-refractivity contribution < 1.29 is 9.90 Å². The summed E-state index contributed by atoms with van der Waals surface area (Å²) in [5.41, 5.74) is 1.33. The number of carbonyl (C=O) groups is 1. The molecule has 0 saturated heterocycles. The predicted octanol–water partition coefficient (Wildman–Crippen LogP) is 2.51. The van der Waals surface area contributed by atoms with E-state index < -0.39 is 12.0 Å². The second-order valence-electron chi connectivity index (χ2n) is 5.17. The Balaban J connectivity index is 2.32. The molecule has 3 aromatic rings. The summed E-state index contributed by atoms with van der Waals surface area (Å²) in [6.07, 6.45) is 1.27. The highest BCUT2D eigenvalue weighted by atomic mass is 79.9. The largest absolute Gasteiger partial charge is 0.548 e. The first kappa shape index (κ1) is 15.9. The Morgan fingerprint density at radius 1 is 1.35 bits per heavy atom. The van der Waals surface area contributed by atoms with Crippen LogP contribution in [0.15, 0.2) is 39.9 Å². The molecule has 3 rings (SSSR count). The number of carboxylic acids is 1. The number of thiophene rings is 1. The van der Waals surface area contributed by atoms with Crippen LogP contribution in [-0.4, -0.2) is 15.5 Å². The van der Waals surface area contributed by atoms with Crippen molar-refractivity contribution in [2.75, 3.05) is 0 Å². The van der Waals surface area contributed by atoms with Crippen LogP contribution in [0, 0.1) is 6.92 Å². The maximum Gasteiger partial charge on any atom is 0.263 e. The van der Waals surface area contributed by atoms with Gasteiger partial charge in [0.2, 0.25) is 0 Å². The Labute approximate surface area is 144 Å². The summed E-state index contributed by atoms with van der Waals surface area (Å²) in [5, 5.41) is 11.5. The summed E-state index contributed by atoms with van der Waals surface area (Å²) in [4.78, 5) is 29.7. The van der Waals surface area contributed by atoms with Gasteiger partial charge in [-0.05, 0) is 31.5 Å². The van der Waals surface area contributed by atoms with Crippen molar-refractivity contribution in [1.29, 1.82) is 0 Å². The van der Waals surface area contributed by atoms with E-state index in [1.54, 1.807) is 0 Å². The normalized spacial score (nSPS) is 12.5. The lowest BCUT2D eigenvalue weighted by Crippen LogP contribution is -2.36. The highest BCUT2D eigenvalue weighted by Crippen LogP contribution is 2.35. The van der Waals surface area contributed by atoms with Crippen LogP contribution in [0.4, 0.5) is 0 Å². The zero-order valence-corrected chi connectivity index (χ0v) is 14.8. The van der Waals surface area contributed by atoms with Crippen molar-refractivity contribution in [2.24, 2.45) is 0 Å². The summed E-state index contributed by atoms with van der Waals surface area (Å²) in [5.74, 6) is -1.31. The van der Waals surface area contributed by atoms with E-state index >= 15 is 0 Å². The van der Waals surface area contributed by atoms with Crippen LogP contribution < -0.4 is 10.7 Å². The Morgan fingerprint density at radius 3 is 2.61 bits per heavy atom. The summed E-state index contributed by atoms with van der Waals surface area (Å²) in [6.45, 7) is 3.33. The minimum atomic E-state index is -1.31. The SMILES string of the molecule is Cc1sc2ncn([C@H](C)C(=O)[O-])c(=O)c2c1-c1ccc(Br)cc1. The van der Waals surface area contributed by atoms with Gasteiger partial charge < -0.3 is 9.90 Å². The topological polar surface area (TPSA) is 75.0 Å². The number of hydrogen-bond donors (Lipinski definition) is 0. The number of aromatic nitrogens is 2. The molecule has 0 N–H and O–H groups in total. The van der Waals surface area contributed by atoms with Crippen molar-refractivity contribution in [3.8, 4) is 11.1 Å². The van der Waals surface area contributed by atoms with Gasteiger partial charge in [0.25, 0.3) is 5.56 Å².